The monoisotopic (exact) mass is 346 g/mol. The lowest BCUT2D eigenvalue weighted by Crippen LogP contribution is -2.55. The maximum atomic E-state index is 12.7. The summed E-state index contributed by atoms with van der Waals surface area (Å²) in [6.07, 6.45) is 8.00. The number of hydrogen-bond acceptors (Lipinski definition) is 4. The quantitative estimate of drug-likeness (QED) is 0.893. The fourth-order valence-corrected chi connectivity index (χ4v) is 3.99. The van der Waals surface area contributed by atoms with E-state index in [1.807, 2.05) is 9.80 Å². The van der Waals surface area contributed by atoms with Crippen molar-refractivity contribution in [2.45, 2.75) is 45.4 Å². The SMILES string of the molecule is CCCCN1C[C@@]2(CCCN(C(=O)c3c[nH]c(=O)cn3)C2)CCC1=O. The Hall–Kier alpha value is -2.18. The summed E-state index contributed by atoms with van der Waals surface area (Å²) in [7, 11) is 0. The normalized spacial score (nSPS) is 24.0. The first-order valence-electron chi connectivity index (χ1n) is 9.15. The molecule has 0 aromatic carbocycles. The van der Waals surface area contributed by atoms with Crippen LogP contribution < -0.4 is 5.56 Å². The number of likely N-dealkylation sites (tertiary alicyclic amines) is 2. The molecule has 0 radical (unpaired) electrons. The first kappa shape index (κ1) is 17.6. The molecule has 2 amide bonds. The van der Waals surface area contributed by atoms with Gasteiger partial charge in [-0.25, -0.2) is 4.98 Å². The number of carbonyl (C=O) groups is 2. The van der Waals surface area contributed by atoms with E-state index in [-0.39, 0.29) is 28.5 Å². The molecule has 25 heavy (non-hydrogen) atoms. The Morgan fingerprint density at radius 3 is 2.88 bits per heavy atom. The van der Waals surface area contributed by atoms with Gasteiger partial charge in [-0.3, -0.25) is 14.4 Å². The van der Waals surface area contributed by atoms with Gasteiger partial charge in [-0.1, -0.05) is 13.3 Å². The molecule has 0 unspecified atom stereocenters. The number of unbranched alkanes of at least 4 members (excludes halogenated alkanes) is 1. The molecule has 2 saturated heterocycles. The smallest absolute Gasteiger partial charge is 0.273 e. The highest BCUT2D eigenvalue weighted by Crippen LogP contribution is 2.39. The Kier molecular flexibility index (Phi) is 5.20. The van der Waals surface area contributed by atoms with Crippen LogP contribution in [0.3, 0.4) is 0 Å². The highest BCUT2D eigenvalue weighted by atomic mass is 16.2. The molecular weight excluding hydrogens is 320 g/mol. The Morgan fingerprint density at radius 1 is 1.32 bits per heavy atom. The molecule has 2 aliphatic heterocycles. The molecule has 2 fully saturated rings. The van der Waals surface area contributed by atoms with Crippen molar-refractivity contribution in [1.82, 2.24) is 19.8 Å². The number of H-pyrrole nitrogens is 1. The van der Waals surface area contributed by atoms with Gasteiger partial charge in [-0.05, 0) is 25.7 Å². The maximum absolute atomic E-state index is 12.7. The third kappa shape index (κ3) is 3.91. The Morgan fingerprint density at radius 2 is 2.16 bits per heavy atom. The summed E-state index contributed by atoms with van der Waals surface area (Å²) >= 11 is 0. The predicted octanol–water partition coefficient (Wildman–Crippen LogP) is 1.41. The second kappa shape index (κ2) is 7.37. The number of nitrogens with zero attached hydrogens (tertiary/aromatic N) is 3. The molecule has 1 aromatic heterocycles. The Labute approximate surface area is 147 Å². The van der Waals surface area contributed by atoms with Crippen LogP contribution in [0.4, 0.5) is 0 Å². The molecule has 0 bridgehead atoms. The molecule has 3 rings (SSSR count). The van der Waals surface area contributed by atoms with Crippen LogP contribution in [0.5, 0.6) is 0 Å². The van der Waals surface area contributed by atoms with Crippen LogP contribution in [0.15, 0.2) is 17.2 Å². The fraction of sp³-hybridized carbons (Fsp3) is 0.667. The molecule has 2 aliphatic rings. The van der Waals surface area contributed by atoms with E-state index in [1.54, 1.807) is 0 Å². The van der Waals surface area contributed by atoms with Crippen LogP contribution in [0.1, 0.15) is 55.9 Å². The third-order valence-electron chi connectivity index (χ3n) is 5.37. The van der Waals surface area contributed by atoms with E-state index in [1.165, 1.54) is 6.20 Å². The van der Waals surface area contributed by atoms with Gasteiger partial charge in [0.15, 0.2) is 0 Å². The summed E-state index contributed by atoms with van der Waals surface area (Å²) in [6.45, 7) is 5.04. The second-order valence-electron chi connectivity index (χ2n) is 7.30. The summed E-state index contributed by atoms with van der Waals surface area (Å²) in [5.74, 6) is 0.0946. The molecule has 0 saturated carbocycles. The average molecular weight is 346 g/mol. The van der Waals surface area contributed by atoms with Crippen LogP contribution in [0.25, 0.3) is 0 Å². The van der Waals surface area contributed by atoms with E-state index in [2.05, 4.69) is 16.9 Å². The summed E-state index contributed by atoms with van der Waals surface area (Å²) in [4.78, 5) is 46.3. The lowest BCUT2D eigenvalue weighted by atomic mass is 9.73. The minimum atomic E-state index is -0.316. The molecule has 3 heterocycles. The standard InChI is InChI=1S/C18H26N4O3/c1-2-3-8-21-12-18(7-5-16(21)24)6-4-9-22(13-18)17(25)14-10-20-15(23)11-19-14/h10-11H,2-9,12-13H2,1H3,(H,20,23)/t18-/m1/s1. The van der Waals surface area contributed by atoms with E-state index < -0.39 is 0 Å². The highest BCUT2D eigenvalue weighted by Gasteiger charge is 2.42. The number of rotatable bonds is 4. The molecule has 1 N–H and O–H groups in total. The van der Waals surface area contributed by atoms with Gasteiger partial charge >= 0.3 is 0 Å². The van der Waals surface area contributed by atoms with E-state index in [0.717, 1.165) is 51.4 Å². The largest absolute Gasteiger partial charge is 0.342 e. The minimum absolute atomic E-state index is 0.00223. The summed E-state index contributed by atoms with van der Waals surface area (Å²) in [5.41, 5.74) is -0.0482. The number of piperidine rings is 2. The number of aromatic nitrogens is 2. The number of nitrogens with one attached hydrogen (secondary N) is 1. The Balaban J connectivity index is 1.71. The number of carbonyl (C=O) groups excluding carboxylic acids is 2. The number of amides is 2. The van der Waals surface area contributed by atoms with Gasteiger partial charge in [-0.15, -0.1) is 0 Å². The van der Waals surface area contributed by atoms with Crippen molar-refractivity contribution >= 4 is 11.8 Å². The van der Waals surface area contributed by atoms with Crippen LogP contribution >= 0.6 is 0 Å². The zero-order valence-electron chi connectivity index (χ0n) is 14.8. The molecular formula is C18H26N4O3. The van der Waals surface area contributed by atoms with E-state index >= 15 is 0 Å². The number of hydrogen-bond donors (Lipinski definition) is 1. The van der Waals surface area contributed by atoms with Gasteiger partial charge in [-0.2, -0.15) is 0 Å². The molecule has 1 spiro atoms. The molecule has 7 nitrogen and oxygen atoms in total. The first-order chi connectivity index (χ1) is 12.0. The van der Waals surface area contributed by atoms with Crippen molar-refractivity contribution < 1.29 is 9.59 Å². The lowest BCUT2D eigenvalue weighted by Gasteiger charge is -2.48. The van der Waals surface area contributed by atoms with E-state index in [9.17, 15) is 14.4 Å². The Bertz CT molecular complexity index is 681. The van der Waals surface area contributed by atoms with Gasteiger partial charge in [0.25, 0.3) is 11.5 Å². The van der Waals surface area contributed by atoms with Crippen LogP contribution in [-0.4, -0.2) is 57.8 Å². The summed E-state index contributed by atoms with van der Waals surface area (Å²) < 4.78 is 0. The van der Waals surface area contributed by atoms with Crippen LogP contribution in [-0.2, 0) is 4.79 Å². The molecule has 0 aliphatic carbocycles. The highest BCUT2D eigenvalue weighted by molar-refractivity contribution is 5.92. The van der Waals surface area contributed by atoms with Gasteiger partial charge in [0.1, 0.15) is 5.69 Å². The van der Waals surface area contributed by atoms with Crippen molar-refractivity contribution in [2.24, 2.45) is 5.41 Å². The van der Waals surface area contributed by atoms with Crippen molar-refractivity contribution in [2.75, 3.05) is 26.2 Å². The van der Waals surface area contributed by atoms with Crippen molar-refractivity contribution in [3.05, 3.63) is 28.4 Å². The number of aromatic amines is 1. The predicted molar refractivity (Wildman–Crippen MR) is 93.2 cm³/mol. The van der Waals surface area contributed by atoms with Crippen molar-refractivity contribution in [1.29, 1.82) is 0 Å². The van der Waals surface area contributed by atoms with Gasteiger partial charge in [0.2, 0.25) is 5.91 Å². The van der Waals surface area contributed by atoms with Crippen molar-refractivity contribution in [3.8, 4) is 0 Å². The zero-order valence-corrected chi connectivity index (χ0v) is 14.8. The van der Waals surface area contributed by atoms with E-state index in [4.69, 9.17) is 0 Å². The minimum Gasteiger partial charge on any atom is -0.342 e. The fourth-order valence-electron chi connectivity index (χ4n) is 3.99. The van der Waals surface area contributed by atoms with E-state index in [0.29, 0.717) is 19.5 Å². The van der Waals surface area contributed by atoms with Crippen LogP contribution in [0, 0.1) is 5.41 Å². The zero-order chi connectivity index (χ0) is 17.9. The summed E-state index contributed by atoms with van der Waals surface area (Å²) in [5, 5.41) is 0. The summed E-state index contributed by atoms with van der Waals surface area (Å²) in [6, 6.07) is 0. The molecule has 1 atom stereocenters. The molecule has 136 valence electrons. The lowest BCUT2D eigenvalue weighted by molar-refractivity contribution is -0.139. The average Bonchev–Trinajstić information content (AvgIpc) is 2.63. The molecule has 1 aromatic rings. The van der Waals surface area contributed by atoms with Gasteiger partial charge in [0.05, 0.1) is 6.20 Å². The van der Waals surface area contributed by atoms with Gasteiger partial charge in [0, 0.05) is 44.2 Å². The third-order valence-corrected chi connectivity index (χ3v) is 5.37. The van der Waals surface area contributed by atoms with Gasteiger partial charge < -0.3 is 14.8 Å². The van der Waals surface area contributed by atoms with Crippen LogP contribution in [0.2, 0.25) is 0 Å². The topological polar surface area (TPSA) is 86.4 Å². The second-order valence-corrected chi connectivity index (χ2v) is 7.30. The molecule has 7 heteroatoms. The van der Waals surface area contributed by atoms with Crippen molar-refractivity contribution in [3.63, 3.8) is 0 Å². The first-order valence-corrected chi connectivity index (χ1v) is 9.15. The maximum Gasteiger partial charge on any atom is 0.273 e.